The molecule has 0 unspecified atom stereocenters. The third-order valence-corrected chi connectivity index (χ3v) is 9.10. The van der Waals surface area contributed by atoms with Crippen molar-refractivity contribution in [2.24, 2.45) is 0 Å². The maximum Gasteiger partial charge on any atom is 0.495 e. The fourth-order valence-electron chi connectivity index (χ4n) is 6.67. The number of ether oxygens (including phenoxy) is 1. The first kappa shape index (κ1) is 22.2. The van der Waals surface area contributed by atoms with Crippen LogP contribution in [-0.2, 0) is 14.7 Å². The third-order valence-electron chi connectivity index (χ3n) is 9.10. The van der Waals surface area contributed by atoms with Crippen molar-refractivity contribution in [1.29, 1.82) is 0 Å². The van der Waals surface area contributed by atoms with Crippen LogP contribution in [0.1, 0.15) is 49.9 Å². The molecular formula is C33H27BO4. The number of fused-ring (bicyclic) bond motifs is 11. The van der Waals surface area contributed by atoms with Crippen molar-refractivity contribution in [3.63, 3.8) is 0 Å². The Balaban J connectivity index is 1.53. The van der Waals surface area contributed by atoms with Gasteiger partial charge in [0, 0.05) is 16.5 Å². The second-order valence-corrected chi connectivity index (χ2v) is 11.5. The minimum Gasteiger partial charge on any atom is -0.464 e. The minimum absolute atomic E-state index is 0.445. The smallest absolute Gasteiger partial charge is 0.464 e. The lowest BCUT2D eigenvalue weighted by atomic mass is 9.65. The zero-order chi connectivity index (χ0) is 25.9. The molecule has 4 nitrogen and oxygen atoms in total. The van der Waals surface area contributed by atoms with Gasteiger partial charge in [0.05, 0.1) is 22.9 Å². The summed E-state index contributed by atoms with van der Waals surface area (Å²) in [5.41, 5.74) is 7.46. The molecule has 1 aromatic heterocycles. The molecule has 1 aliphatic carbocycles. The van der Waals surface area contributed by atoms with Gasteiger partial charge in [-0.3, -0.25) is 0 Å². The van der Waals surface area contributed by atoms with Crippen LogP contribution in [0, 0.1) is 0 Å². The number of benzene rings is 4. The zero-order valence-electron chi connectivity index (χ0n) is 21.9. The maximum atomic E-state index is 6.63. The summed E-state index contributed by atoms with van der Waals surface area (Å²) in [7, 11) is -0.495. The molecule has 0 atom stereocenters. The zero-order valence-corrected chi connectivity index (χ0v) is 21.9. The summed E-state index contributed by atoms with van der Waals surface area (Å²) in [4.78, 5) is 0. The molecule has 1 saturated heterocycles. The van der Waals surface area contributed by atoms with Crippen molar-refractivity contribution in [3.05, 3.63) is 113 Å². The Hall–Kier alpha value is -3.80. The molecule has 186 valence electrons. The Morgan fingerprint density at radius 1 is 0.579 bits per heavy atom. The van der Waals surface area contributed by atoms with Gasteiger partial charge in [0.2, 0.25) is 0 Å². The van der Waals surface area contributed by atoms with Gasteiger partial charge >= 0.3 is 7.12 Å². The van der Waals surface area contributed by atoms with Crippen LogP contribution in [0.15, 0.2) is 95.6 Å². The first-order chi connectivity index (χ1) is 18.3. The Morgan fingerprint density at radius 2 is 1.18 bits per heavy atom. The number of hydrogen-bond acceptors (Lipinski definition) is 4. The summed E-state index contributed by atoms with van der Waals surface area (Å²) >= 11 is 0. The highest BCUT2D eigenvalue weighted by Gasteiger charge is 2.56. The first-order valence-corrected chi connectivity index (χ1v) is 13.2. The third kappa shape index (κ3) is 2.58. The molecule has 4 aromatic carbocycles. The molecule has 8 rings (SSSR count). The van der Waals surface area contributed by atoms with E-state index in [-0.39, 0.29) is 0 Å². The summed E-state index contributed by atoms with van der Waals surface area (Å²) in [6.07, 6.45) is 1.78. The standard InChI is InChI=1S/C33H27BO4/c1-31(2)32(3,4)38-34(37-31)25-13-9-12-23-30(25)29-20-18-19-35-26(20)17-16-24(29)33(23)21-10-5-7-14-27(21)36-28-15-8-6-11-22(28)33/h5-19H,1-4H3. The molecule has 1 fully saturated rings. The predicted molar refractivity (Wildman–Crippen MR) is 149 cm³/mol. The van der Waals surface area contributed by atoms with Crippen molar-refractivity contribution in [2.45, 2.75) is 44.3 Å². The molecular weight excluding hydrogens is 471 g/mol. The fourth-order valence-corrected chi connectivity index (χ4v) is 6.67. The van der Waals surface area contributed by atoms with Gasteiger partial charge in [-0.1, -0.05) is 60.7 Å². The van der Waals surface area contributed by atoms with E-state index in [9.17, 15) is 0 Å². The Labute approximate surface area is 222 Å². The molecule has 2 aliphatic heterocycles. The first-order valence-electron chi connectivity index (χ1n) is 13.2. The predicted octanol–water partition coefficient (Wildman–Crippen LogP) is 7.20. The van der Waals surface area contributed by atoms with E-state index >= 15 is 0 Å². The van der Waals surface area contributed by atoms with Gasteiger partial charge < -0.3 is 18.5 Å². The average Bonchev–Trinajstić information content (AvgIpc) is 3.55. The van der Waals surface area contributed by atoms with Crippen LogP contribution in [0.2, 0.25) is 0 Å². The molecule has 5 aromatic rings. The van der Waals surface area contributed by atoms with E-state index in [4.69, 9.17) is 18.5 Å². The summed E-state index contributed by atoms with van der Waals surface area (Å²) in [5.74, 6) is 1.75. The minimum atomic E-state index is -0.554. The molecule has 0 bridgehead atoms. The number of furan rings is 1. The van der Waals surface area contributed by atoms with Crippen LogP contribution in [0.4, 0.5) is 0 Å². The van der Waals surface area contributed by atoms with Gasteiger partial charge in [0.1, 0.15) is 17.1 Å². The van der Waals surface area contributed by atoms with Gasteiger partial charge in [-0.15, -0.1) is 0 Å². The van der Waals surface area contributed by atoms with E-state index in [1.807, 2.05) is 12.1 Å². The SMILES string of the molecule is CC1(C)OB(c2cccc3c2-c2c(ccc4occc24)C32c3ccccc3Oc3ccccc32)OC1(C)C. The van der Waals surface area contributed by atoms with E-state index in [2.05, 4.69) is 100 Å². The highest BCUT2D eigenvalue weighted by Crippen LogP contribution is 2.62. The summed E-state index contributed by atoms with van der Waals surface area (Å²) in [6.45, 7) is 8.41. The Kier molecular flexibility index (Phi) is 4.20. The number of rotatable bonds is 1. The van der Waals surface area contributed by atoms with Crippen LogP contribution >= 0.6 is 0 Å². The fraction of sp³-hybridized carbons (Fsp3) is 0.212. The second-order valence-electron chi connectivity index (χ2n) is 11.5. The lowest BCUT2D eigenvalue weighted by Crippen LogP contribution is -2.41. The molecule has 0 saturated carbocycles. The molecule has 5 heteroatoms. The van der Waals surface area contributed by atoms with Crippen LogP contribution < -0.4 is 10.2 Å². The maximum absolute atomic E-state index is 6.63. The van der Waals surface area contributed by atoms with E-state index in [1.165, 1.54) is 16.7 Å². The van der Waals surface area contributed by atoms with Crippen molar-refractivity contribution in [2.75, 3.05) is 0 Å². The normalized spacial score (nSPS) is 19.1. The molecule has 3 heterocycles. The lowest BCUT2D eigenvalue weighted by Gasteiger charge is -2.39. The van der Waals surface area contributed by atoms with Gasteiger partial charge in [0.15, 0.2) is 0 Å². The van der Waals surface area contributed by atoms with Gasteiger partial charge in [0.25, 0.3) is 0 Å². The lowest BCUT2D eigenvalue weighted by molar-refractivity contribution is 0.00578. The topological polar surface area (TPSA) is 40.8 Å². The van der Waals surface area contributed by atoms with Crippen LogP contribution in [0.5, 0.6) is 11.5 Å². The van der Waals surface area contributed by atoms with Crippen LogP contribution in [0.25, 0.3) is 22.1 Å². The summed E-state index contributed by atoms with van der Waals surface area (Å²) in [5, 5.41) is 1.09. The quantitative estimate of drug-likeness (QED) is 0.225. The van der Waals surface area contributed by atoms with Gasteiger partial charge in [-0.05, 0) is 79.7 Å². The highest BCUT2D eigenvalue weighted by atomic mass is 16.7. The van der Waals surface area contributed by atoms with Gasteiger partial charge in [-0.2, -0.15) is 0 Å². The van der Waals surface area contributed by atoms with Crippen LogP contribution in [0.3, 0.4) is 0 Å². The molecule has 38 heavy (non-hydrogen) atoms. The number of hydrogen-bond donors (Lipinski definition) is 0. The summed E-state index contributed by atoms with van der Waals surface area (Å²) < 4.78 is 25.7. The molecule has 0 N–H and O–H groups in total. The monoisotopic (exact) mass is 498 g/mol. The molecule has 0 amide bonds. The van der Waals surface area contributed by atoms with Crippen molar-refractivity contribution in [3.8, 4) is 22.6 Å². The van der Waals surface area contributed by atoms with Crippen molar-refractivity contribution in [1.82, 2.24) is 0 Å². The summed E-state index contributed by atoms with van der Waals surface area (Å²) in [6, 6.07) is 29.8. The van der Waals surface area contributed by atoms with Crippen molar-refractivity contribution >= 4 is 23.6 Å². The Bertz CT molecular complexity index is 1720. The van der Waals surface area contributed by atoms with E-state index in [1.54, 1.807) is 6.26 Å². The van der Waals surface area contributed by atoms with E-state index in [0.29, 0.717) is 0 Å². The van der Waals surface area contributed by atoms with Crippen LogP contribution in [-0.4, -0.2) is 18.3 Å². The molecule has 1 spiro atoms. The highest BCUT2D eigenvalue weighted by molar-refractivity contribution is 6.64. The molecule has 0 radical (unpaired) electrons. The van der Waals surface area contributed by atoms with E-state index < -0.39 is 23.7 Å². The van der Waals surface area contributed by atoms with E-state index in [0.717, 1.165) is 44.6 Å². The Morgan fingerprint density at radius 3 is 1.87 bits per heavy atom. The van der Waals surface area contributed by atoms with Crippen molar-refractivity contribution < 1.29 is 18.5 Å². The largest absolute Gasteiger partial charge is 0.495 e. The van der Waals surface area contributed by atoms with Gasteiger partial charge in [-0.25, -0.2) is 0 Å². The molecule has 3 aliphatic rings. The average molecular weight is 498 g/mol. The number of para-hydroxylation sites is 2. The second kappa shape index (κ2) is 7.19.